The van der Waals surface area contributed by atoms with Gasteiger partial charge in [0.15, 0.2) is 0 Å². The van der Waals surface area contributed by atoms with Crippen molar-refractivity contribution in [3.63, 3.8) is 0 Å². The van der Waals surface area contributed by atoms with Crippen LogP contribution in [0.1, 0.15) is 23.1 Å². The molecule has 23 heavy (non-hydrogen) atoms. The Morgan fingerprint density at radius 3 is 2.57 bits per heavy atom. The first-order chi connectivity index (χ1) is 10.4. The number of benzene rings is 2. The van der Waals surface area contributed by atoms with Crippen molar-refractivity contribution in [2.45, 2.75) is 31.6 Å². The molecule has 0 amide bonds. The molecular weight excluding hydrogens is 332 g/mol. The van der Waals surface area contributed by atoms with Crippen molar-refractivity contribution in [2.75, 3.05) is 16.6 Å². The lowest BCUT2D eigenvalue weighted by Crippen LogP contribution is -2.36. The van der Waals surface area contributed by atoms with Crippen LogP contribution >= 0.6 is 12.4 Å². The minimum atomic E-state index is -3.56. The quantitative estimate of drug-likeness (QED) is 0.842. The van der Waals surface area contributed by atoms with Gasteiger partial charge in [-0.1, -0.05) is 23.8 Å². The topological polar surface area (TPSA) is 63.4 Å². The van der Waals surface area contributed by atoms with Gasteiger partial charge in [0.25, 0.3) is 10.0 Å². The van der Waals surface area contributed by atoms with Gasteiger partial charge in [-0.15, -0.1) is 12.4 Å². The normalized spacial score (nSPS) is 14.1. The van der Waals surface area contributed by atoms with Gasteiger partial charge in [0.1, 0.15) is 0 Å². The summed E-state index contributed by atoms with van der Waals surface area (Å²) < 4.78 is 27.7. The summed E-state index contributed by atoms with van der Waals surface area (Å²) >= 11 is 0. The van der Waals surface area contributed by atoms with Crippen LogP contribution in [0.5, 0.6) is 0 Å². The molecule has 0 atom stereocenters. The highest BCUT2D eigenvalue weighted by Crippen LogP contribution is 2.35. The molecule has 1 aliphatic heterocycles. The van der Waals surface area contributed by atoms with Gasteiger partial charge in [-0.25, -0.2) is 8.42 Å². The zero-order chi connectivity index (χ0) is 15.9. The van der Waals surface area contributed by atoms with Crippen LogP contribution in [0.4, 0.5) is 11.4 Å². The Bertz CT molecular complexity index is 834. The first-order valence-electron chi connectivity index (χ1n) is 7.38. The molecule has 0 fully saturated rings. The number of hydrogen-bond donors (Lipinski definition) is 1. The number of nitrogens with two attached hydrogens (primary N) is 1. The summed E-state index contributed by atoms with van der Waals surface area (Å²) in [5.41, 5.74) is 10.2. The van der Waals surface area contributed by atoms with E-state index < -0.39 is 10.0 Å². The zero-order valence-electron chi connectivity index (χ0n) is 13.2. The SMILES string of the molecule is Cc1ccc(S(=O)(=O)N2CCCc3c(N)cccc32)c(C)c1.Cl. The number of hydrogen-bond acceptors (Lipinski definition) is 3. The smallest absolute Gasteiger partial charge is 0.264 e. The molecule has 4 nitrogen and oxygen atoms in total. The lowest BCUT2D eigenvalue weighted by molar-refractivity contribution is 0.586. The maximum Gasteiger partial charge on any atom is 0.264 e. The number of nitrogens with zero attached hydrogens (tertiary/aromatic N) is 1. The van der Waals surface area contributed by atoms with Crippen molar-refractivity contribution in [2.24, 2.45) is 0 Å². The van der Waals surface area contributed by atoms with Crippen LogP contribution in [0.25, 0.3) is 0 Å². The number of halogens is 1. The minimum absolute atomic E-state index is 0. The molecule has 0 radical (unpaired) electrons. The summed E-state index contributed by atoms with van der Waals surface area (Å²) in [4.78, 5) is 0.369. The number of aryl methyl sites for hydroxylation is 2. The Hall–Kier alpha value is -1.72. The Balaban J connectivity index is 0.00000192. The van der Waals surface area contributed by atoms with Crippen molar-refractivity contribution < 1.29 is 8.42 Å². The van der Waals surface area contributed by atoms with E-state index in [1.54, 1.807) is 6.07 Å². The average molecular weight is 353 g/mol. The molecule has 0 unspecified atom stereocenters. The fourth-order valence-electron chi connectivity index (χ4n) is 3.08. The third-order valence-electron chi connectivity index (χ3n) is 4.14. The summed E-state index contributed by atoms with van der Waals surface area (Å²) in [6.45, 7) is 4.29. The minimum Gasteiger partial charge on any atom is -0.398 e. The van der Waals surface area contributed by atoms with Gasteiger partial charge in [-0.3, -0.25) is 4.31 Å². The fourth-order valence-corrected chi connectivity index (χ4v) is 4.82. The van der Waals surface area contributed by atoms with E-state index in [2.05, 4.69) is 0 Å². The fraction of sp³-hybridized carbons (Fsp3) is 0.294. The first-order valence-corrected chi connectivity index (χ1v) is 8.82. The van der Waals surface area contributed by atoms with E-state index in [0.29, 0.717) is 22.8 Å². The largest absolute Gasteiger partial charge is 0.398 e. The predicted octanol–water partition coefficient (Wildman–Crippen LogP) is 3.45. The second-order valence-electron chi connectivity index (χ2n) is 5.79. The van der Waals surface area contributed by atoms with E-state index in [1.807, 2.05) is 44.2 Å². The lowest BCUT2D eigenvalue weighted by Gasteiger charge is -2.31. The van der Waals surface area contributed by atoms with E-state index in [-0.39, 0.29) is 12.4 Å². The summed E-state index contributed by atoms with van der Waals surface area (Å²) in [5, 5.41) is 0. The highest BCUT2D eigenvalue weighted by atomic mass is 35.5. The molecule has 2 aromatic rings. The van der Waals surface area contributed by atoms with Crippen molar-refractivity contribution in [3.8, 4) is 0 Å². The van der Waals surface area contributed by atoms with Crippen LogP contribution in [-0.4, -0.2) is 15.0 Å². The highest BCUT2D eigenvalue weighted by Gasteiger charge is 2.30. The molecular formula is C17H21ClN2O2S. The highest BCUT2D eigenvalue weighted by molar-refractivity contribution is 7.92. The van der Waals surface area contributed by atoms with Crippen LogP contribution < -0.4 is 10.0 Å². The lowest BCUT2D eigenvalue weighted by atomic mass is 10.0. The van der Waals surface area contributed by atoms with Crippen LogP contribution in [0, 0.1) is 13.8 Å². The van der Waals surface area contributed by atoms with E-state index >= 15 is 0 Å². The molecule has 0 aromatic heterocycles. The zero-order valence-corrected chi connectivity index (χ0v) is 14.9. The van der Waals surface area contributed by atoms with Gasteiger partial charge in [0.05, 0.1) is 10.6 Å². The maximum atomic E-state index is 13.1. The number of sulfonamides is 1. The molecule has 2 aromatic carbocycles. The van der Waals surface area contributed by atoms with Crippen LogP contribution in [-0.2, 0) is 16.4 Å². The van der Waals surface area contributed by atoms with Crippen molar-refractivity contribution in [1.29, 1.82) is 0 Å². The average Bonchev–Trinajstić information content (AvgIpc) is 2.46. The summed E-state index contributed by atoms with van der Waals surface area (Å²) in [6, 6.07) is 10.9. The Kier molecular flexibility index (Phi) is 4.92. The van der Waals surface area contributed by atoms with Crippen molar-refractivity contribution in [3.05, 3.63) is 53.1 Å². The van der Waals surface area contributed by atoms with Gasteiger partial charge in [-0.2, -0.15) is 0 Å². The van der Waals surface area contributed by atoms with E-state index in [0.717, 1.165) is 29.5 Å². The standard InChI is InChI=1S/C17H20N2O2S.ClH/c1-12-8-9-17(13(2)11-12)22(20,21)19-10-4-5-14-15(18)6-3-7-16(14)19;/h3,6-9,11H,4-5,10,18H2,1-2H3;1H. The molecule has 0 saturated heterocycles. The summed E-state index contributed by atoms with van der Waals surface area (Å²) in [6.07, 6.45) is 1.60. The molecule has 1 aliphatic rings. The van der Waals surface area contributed by atoms with Gasteiger partial charge in [0, 0.05) is 12.2 Å². The summed E-state index contributed by atoms with van der Waals surface area (Å²) in [5.74, 6) is 0. The van der Waals surface area contributed by atoms with Gasteiger partial charge < -0.3 is 5.73 Å². The molecule has 124 valence electrons. The van der Waals surface area contributed by atoms with Crippen molar-refractivity contribution in [1.82, 2.24) is 0 Å². The third kappa shape index (κ3) is 3.03. The molecule has 0 saturated carbocycles. The van der Waals surface area contributed by atoms with Gasteiger partial charge >= 0.3 is 0 Å². The maximum absolute atomic E-state index is 13.1. The molecule has 0 aliphatic carbocycles. The van der Waals surface area contributed by atoms with E-state index in [1.165, 1.54) is 4.31 Å². The second kappa shape index (κ2) is 6.42. The van der Waals surface area contributed by atoms with E-state index in [4.69, 9.17) is 5.73 Å². The molecule has 6 heteroatoms. The molecule has 2 N–H and O–H groups in total. The molecule has 0 spiro atoms. The Morgan fingerprint density at radius 2 is 1.87 bits per heavy atom. The summed E-state index contributed by atoms with van der Waals surface area (Å²) in [7, 11) is -3.56. The molecule has 1 heterocycles. The van der Waals surface area contributed by atoms with Crippen molar-refractivity contribution >= 4 is 33.8 Å². The van der Waals surface area contributed by atoms with Crippen LogP contribution in [0.3, 0.4) is 0 Å². The molecule has 0 bridgehead atoms. The number of nitrogen functional groups attached to an aromatic ring is 1. The Labute approximate surface area is 143 Å². The number of anilines is 2. The van der Waals surface area contributed by atoms with Gasteiger partial charge in [-0.05, 0) is 56.0 Å². The van der Waals surface area contributed by atoms with E-state index in [9.17, 15) is 8.42 Å². The van der Waals surface area contributed by atoms with Crippen LogP contribution in [0.2, 0.25) is 0 Å². The molecule has 3 rings (SSSR count). The Morgan fingerprint density at radius 1 is 1.13 bits per heavy atom. The second-order valence-corrected chi connectivity index (χ2v) is 7.63. The third-order valence-corrected chi connectivity index (χ3v) is 6.12. The van der Waals surface area contributed by atoms with Gasteiger partial charge in [0.2, 0.25) is 0 Å². The predicted molar refractivity (Wildman–Crippen MR) is 96.9 cm³/mol. The number of rotatable bonds is 2. The number of fused-ring (bicyclic) bond motifs is 1. The first kappa shape index (κ1) is 17.6. The van der Waals surface area contributed by atoms with Crippen LogP contribution in [0.15, 0.2) is 41.3 Å². The monoisotopic (exact) mass is 352 g/mol.